The molecule has 232 valence electrons. The van der Waals surface area contributed by atoms with Gasteiger partial charge >= 0.3 is 5.97 Å². The molecule has 1 aromatic heterocycles. The summed E-state index contributed by atoms with van der Waals surface area (Å²) in [5.41, 5.74) is 3.69. The largest absolute Gasteiger partial charge is 0.487 e. The minimum atomic E-state index is -0.772. The van der Waals surface area contributed by atoms with E-state index in [9.17, 15) is 9.59 Å². The average Bonchev–Trinajstić information content (AvgIpc) is 3.35. The summed E-state index contributed by atoms with van der Waals surface area (Å²) in [7, 11) is 0. The number of carbonyl (C=O) groups excluding carboxylic acids is 1. The minimum Gasteiger partial charge on any atom is -0.487 e. The maximum absolute atomic E-state index is 14.2. The molecule has 6 nitrogen and oxygen atoms in total. The Morgan fingerprint density at radius 3 is 2.33 bits per heavy atom. The van der Waals surface area contributed by atoms with Gasteiger partial charge in [-0.25, -0.2) is 9.79 Å². The number of nitrogens with zero attached hydrogens (tertiary/aromatic N) is 2. The third-order valence-corrected chi connectivity index (χ3v) is 10.4. The van der Waals surface area contributed by atoms with Crippen molar-refractivity contribution in [2.75, 3.05) is 6.61 Å². The summed E-state index contributed by atoms with van der Waals surface area (Å²) in [4.78, 5) is 33.2. The molecule has 6 rings (SSSR count). The molecule has 1 aliphatic heterocycles. The average molecular weight is 893 g/mol. The van der Waals surface area contributed by atoms with Crippen LogP contribution in [-0.2, 0) is 16.1 Å². The lowest BCUT2D eigenvalue weighted by molar-refractivity contribution is -0.138. The molecule has 1 aliphatic rings. The fourth-order valence-corrected chi connectivity index (χ4v) is 8.56. The monoisotopic (exact) mass is 892 g/mol. The zero-order valence-corrected chi connectivity index (χ0v) is 30.8. The summed E-state index contributed by atoms with van der Waals surface area (Å²) in [5.74, 6) is 0.213. The maximum atomic E-state index is 14.2. The molecule has 1 atom stereocenters. The second-order valence-corrected chi connectivity index (χ2v) is 14.4. The third kappa shape index (κ3) is 6.84. The number of esters is 1. The van der Waals surface area contributed by atoms with Crippen molar-refractivity contribution in [3.05, 3.63) is 156 Å². The Balaban J connectivity index is 1.48. The Kier molecular flexibility index (Phi) is 10.3. The summed E-state index contributed by atoms with van der Waals surface area (Å²) in [5, 5.41) is 1.20. The molecular weight excluding hydrogens is 869 g/mol. The number of hydrogen-bond donors (Lipinski definition) is 0. The molecule has 0 bridgehead atoms. The van der Waals surface area contributed by atoms with Gasteiger partial charge in [0.15, 0.2) is 4.80 Å². The van der Waals surface area contributed by atoms with Gasteiger partial charge in [0, 0.05) is 21.2 Å². The van der Waals surface area contributed by atoms with Gasteiger partial charge in [0.25, 0.3) is 5.56 Å². The molecule has 4 aromatic carbocycles. The first-order valence-electron chi connectivity index (χ1n) is 14.1. The molecule has 5 aromatic rings. The van der Waals surface area contributed by atoms with Crippen molar-refractivity contribution in [3.63, 3.8) is 0 Å². The van der Waals surface area contributed by atoms with Crippen molar-refractivity contribution in [2.45, 2.75) is 19.6 Å². The number of thiazole rings is 1. The van der Waals surface area contributed by atoms with Gasteiger partial charge in [0.1, 0.15) is 12.4 Å². The molecule has 0 radical (unpaired) electrons. The Morgan fingerprint density at radius 1 is 0.978 bits per heavy atom. The van der Waals surface area contributed by atoms with E-state index in [4.69, 9.17) is 37.7 Å². The zero-order valence-electron chi connectivity index (χ0n) is 24.2. The normalized spacial score (nSPS) is 14.5. The predicted octanol–water partition coefficient (Wildman–Crippen LogP) is 8.03. The predicted molar refractivity (Wildman–Crippen MR) is 200 cm³/mol. The quantitative estimate of drug-likeness (QED) is 0.117. The number of rotatable bonds is 8. The highest BCUT2D eigenvalue weighted by Gasteiger charge is 2.35. The number of fused-ring (bicyclic) bond motifs is 1. The van der Waals surface area contributed by atoms with Gasteiger partial charge in [-0.05, 0) is 99.6 Å². The first-order chi connectivity index (χ1) is 22.2. The first-order valence-corrected chi connectivity index (χ1v) is 17.9. The molecule has 46 heavy (non-hydrogen) atoms. The van der Waals surface area contributed by atoms with E-state index in [1.165, 1.54) is 11.3 Å². The van der Waals surface area contributed by atoms with Gasteiger partial charge in [0.05, 0.1) is 35.6 Å². The number of carbonyl (C=O) groups is 1. The van der Waals surface area contributed by atoms with E-state index in [2.05, 4.69) is 45.2 Å². The summed E-state index contributed by atoms with van der Waals surface area (Å²) >= 11 is 18.3. The SMILES string of the molecule is CCOC(=O)C1=C(c2ccccc2)N=c2s/c(=C\c3cc(I)c(OCc4ccccc4Cl)c(I)c3)c(=O)n2[C@H]1c1ccc(Cl)cc1. The van der Waals surface area contributed by atoms with E-state index >= 15 is 0 Å². The lowest BCUT2D eigenvalue weighted by Gasteiger charge is -2.25. The van der Waals surface area contributed by atoms with Crippen LogP contribution in [0.15, 0.2) is 106 Å². The van der Waals surface area contributed by atoms with Crippen molar-refractivity contribution < 1.29 is 14.3 Å². The molecule has 0 N–H and O–H groups in total. The van der Waals surface area contributed by atoms with Crippen LogP contribution >= 0.6 is 79.7 Å². The zero-order chi connectivity index (χ0) is 32.4. The lowest BCUT2D eigenvalue weighted by atomic mass is 9.93. The fraction of sp³-hybridized carbons (Fsp3) is 0.114. The molecular formula is C35H24Cl2I2N2O4S. The molecule has 0 spiro atoms. The third-order valence-electron chi connectivity index (χ3n) is 7.21. The van der Waals surface area contributed by atoms with Crippen LogP contribution in [0, 0.1) is 7.14 Å². The summed E-state index contributed by atoms with van der Waals surface area (Å²) in [6, 6.07) is 27.4. The maximum Gasteiger partial charge on any atom is 0.338 e. The smallest absolute Gasteiger partial charge is 0.338 e. The van der Waals surface area contributed by atoms with Crippen LogP contribution < -0.4 is 19.6 Å². The van der Waals surface area contributed by atoms with E-state index in [-0.39, 0.29) is 12.2 Å². The van der Waals surface area contributed by atoms with Crippen LogP contribution in [0.3, 0.4) is 0 Å². The standard InChI is InChI=1S/C35H24Cl2I2N2O4S/c1-2-44-34(43)29-30(21-8-4-3-5-9-21)40-35-41(31(29)22-12-14-24(36)15-13-22)33(42)28(46-35)18-20-16-26(38)32(27(39)17-20)45-19-23-10-6-7-11-25(23)37/h3-18,31H,2,19H2,1H3/b28-18-/t31-/m0/s1. The molecule has 0 fully saturated rings. The molecule has 0 aliphatic carbocycles. The Morgan fingerprint density at radius 2 is 1.65 bits per heavy atom. The van der Waals surface area contributed by atoms with E-state index in [0.29, 0.717) is 42.8 Å². The molecule has 0 saturated heterocycles. The van der Waals surface area contributed by atoms with Gasteiger partial charge in [0.2, 0.25) is 0 Å². The van der Waals surface area contributed by atoms with E-state index < -0.39 is 12.0 Å². The van der Waals surface area contributed by atoms with Gasteiger partial charge in [-0.3, -0.25) is 9.36 Å². The molecule has 11 heteroatoms. The Bertz CT molecular complexity index is 2140. The van der Waals surface area contributed by atoms with Crippen molar-refractivity contribution in [2.24, 2.45) is 4.99 Å². The molecule has 2 heterocycles. The number of aromatic nitrogens is 1. The highest BCUT2D eigenvalue weighted by atomic mass is 127. The Hall–Kier alpha value is -2.97. The summed E-state index contributed by atoms with van der Waals surface area (Å²) < 4.78 is 15.5. The van der Waals surface area contributed by atoms with Crippen LogP contribution in [0.2, 0.25) is 10.0 Å². The van der Waals surface area contributed by atoms with E-state index in [1.54, 1.807) is 23.6 Å². The second kappa shape index (κ2) is 14.4. The fourth-order valence-electron chi connectivity index (χ4n) is 5.12. The topological polar surface area (TPSA) is 69.9 Å². The van der Waals surface area contributed by atoms with Crippen molar-refractivity contribution in [3.8, 4) is 5.75 Å². The number of benzene rings is 4. The molecule has 0 unspecified atom stereocenters. The van der Waals surface area contributed by atoms with Crippen LogP contribution in [0.25, 0.3) is 11.8 Å². The van der Waals surface area contributed by atoms with Gasteiger partial charge in [-0.15, -0.1) is 0 Å². The van der Waals surface area contributed by atoms with Crippen molar-refractivity contribution in [1.29, 1.82) is 0 Å². The minimum absolute atomic E-state index is 0.178. The molecule has 0 amide bonds. The van der Waals surface area contributed by atoms with Crippen molar-refractivity contribution >= 4 is 97.5 Å². The number of hydrogen-bond acceptors (Lipinski definition) is 6. The summed E-state index contributed by atoms with van der Waals surface area (Å²) in [6.07, 6.45) is 1.85. The second-order valence-electron chi connectivity index (χ2n) is 10.2. The van der Waals surface area contributed by atoms with Gasteiger partial charge in [-0.2, -0.15) is 0 Å². The number of ether oxygens (including phenoxy) is 2. The van der Waals surface area contributed by atoms with E-state index in [1.807, 2.05) is 84.9 Å². The highest BCUT2D eigenvalue weighted by Crippen LogP contribution is 2.36. The highest BCUT2D eigenvalue weighted by molar-refractivity contribution is 14.1. The van der Waals surface area contributed by atoms with Gasteiger partial charge < -0.3 is 9.47 Å². The van der Waals surface area contributed by atoms with Crippen LogP contribution in [0.1, 0.15) is 35.2 Å². The Labute approximate surface area is 306 Å². The first kappa shape index (κ1) is 33.0. The van der Waals surface area contributed by atoms with E-state index in [0.717, 1.165) is 29.6 Å². The van der Waals surface area contributed by atoms with Crippen LogP contribution in [0.4, 0.5) is 0 Å². The van der Waals surface area contributed by atoms with Crippen molar-refractivity contribution in [1.82, 2.24) is 4.57 Å². The molecule has 0 saturated carbocycles. The summed E-state index contributed by atoms with van der Waals surface area (Å²) in [6.45, 7) is 2.27. The van der Waals surface area contributed by atoms with Crippen LogP contribution in [0.5, 0.6) is 5.75 Å². The number of halogens is 4. The van der Waals surface area contributed by atoms with Gasteiger partial charge in [-0.1, -0.05) is 95.2 Å². The lowest BCUT2D eigenvalue weighted by Crippen LogP contribution is -2.40. The van der Waals surface area contributed by atoms with Crippen LogP contribution in [-0.4, -0.2) is 17.1 Å².